The predicted octanol–water partition coefficient (Wildman–Crippen LogP) is 1.30. The number of amides is 2. The van der Waals surface area contributed by atoms with Gasteiger partial charge >= 0.3 is 5.97 Å². The third-order valence-corrected chi connectivity index (χ3v) is 3.06. The standard InChI is InChI=1S/C14H15BrN2O4/c15-10-3-1-2-9(8-10)4-7-13(19)17-11(14(20)21)5-6-12(16)18/h1-4,7-8,11H,5-6H2,(H2,16,18)(H,17,19)(H,20,21)/b7-4+/t11-/m0/s1. The monoisotopic (exact) mass is 354 g/mol. The summed E-state index contributed by atoms with van der Waals surface area (Å²) < 4.78 is 0.870. The highest BCUT2D eigenvalue weighted by molar-refractivity contribution is 9.10. The van der Waals surface area contributed by atoms with Crippen LogP contribution < -0.4 is 11.1 Å². The number of halogens is 1. The number of aliphatic carboxylic acids is 1. The third kappa shape index (κ3) is 6.71. The summed E-state index contributed by atoms with van der Waals surface area (Å²) in [5.74, 6) is -2.37. The number of nitrogens with two attached hydrogens (primary N) is 1. The molecular weight excluding hydrogens is 340 g/mol. The number of carboxylic acids is 1. The molecule has 112 valence electrons. The highest BCUT2D eigenvalue weighted by Gasteiger charge is 2.19. The number of hydrogen-bond donors (Lipinski definition) is 3. The van der Waals surface area contributed by atoms with Gasteiger partial charge in [0.2, 0.25) is 11.8 Å². The summed E-state index contributed by atoms with van der Waals surface area (Å²) in [5.41, 5.74) is 5.75. The molecule has 4 N–H and O–H groups in total. The number of carbonyl (C=O) groups excluding carboxylic acids is 2. The van der Waals surface area contributed by atoms with Crippen LogP contribution in [-0.2, 0) is 14.4 Å². The van der Waals surface area contributed by atoms with E-state index >= 15 is 0 Å². The largest absolute Gasteiger partial charge is 0.480 e. The van der Waals surface area contributed by atoms with Crippen molar-refractivity contribution in [2.24, 2.45) is 5.73 Å². The maximum atomic E-state index is 11.7. The second-order valence-electron chi connectivity index (χ2n) is 4.29. The van der Waals surface area contributed by atoms with E-state index in [2.05, 4.69) is 21.2 Å². The van der Waals surface area contributed by atoms with Gasteiger partial charge in [0, 0.05) is 17.0 Å². The summed E-state index contributed by atoms with van der Waals surface area (Å²) in [7, 11) is 0. The lowest BCUT2D eigenvalue weighted by atomic mass is 10.1. The van der Waals surface area contributed by atoms with Crippen LogP contribution in [0.25, 0.3) is 6.08 Å². The van der Waals surface area contributed by atoms with Crippen LogP contribution in [-0.4, -0.2) is 28.9 Å². The predicted molar refractivity (Wildman–Crippen MR) is 81.2 cm³/mol. The maximum Gasteiger partial charge on any atom is 0.326 e. The molecule has 1 aromatic rings. The van der Waals surface area contributed by atoms with Crippen molar-refractivity contribution in [1.29, 1.82) is 0 Å². The Labute approximate surface area is 130 Å². The number of nitrogens with one attached hydrogen (secondary N) is 1. The van der Waals surface area contributed by atoms with Crippen molar-refractivity contribution in [3.8, 4) is 0 Å². The van der Waals surface area contributed by atoms with Gasteiger partial charge in [0.25, 0.3) is 0 Å². The molecule has 0 bridgehead atoms. The first-order valence-corrected chi connectivity index (χ1v) is 6.93. The van der Waals surface area contributed by atoms with Crippen LogP contribution in [0.15, 0.2) is 34.8 Å². The van der Waals surface area contributed by atoms with Crippen LogP contribution in [0, 0.1) is 0 Å². The Bertz CT molecular complexity index is 572. The molecular formula is C14H15BrN2O4. The fourth-order valence-electron chi connectivity index (χ4n) is 1.55. The van der Waals surface area contributed by atoms with Crippen LogP contribution in [0.1, 0.15) is 18.4 Å². The number of benzene rings is 1. The van der Waals surface area contributed by atoms with E-state index in [1.807, 2.05) is 18.2 Å². The van der Waals surface area contributed by atoms with Crippen LogP contribution in [0.3, 0.4) is 0 Å². The van der Waals surface area contributed by atoms with E-state index in [9.17, 15) is 14.4 Å². The fourth-order valence-corrected chi connectivity index (χ4v) is 1.96. The van der Waals surface area contributed by atoms with Crippen LogP contribution >= 0.6 is 15.9 Å². The van der Waals surface area contributed by atoms with Crippen molar-refractivity contribution < 1.29 is 19.5 Å². The Morgan fingerprint density at radius 1 is 1.38 bits per heavy atom. The van der Waals surface area contributed by atoms with E-state index in [1.54, 1.807) is 12.1 Å². The zero-order valence-electron chi connectivity index (χ0n) is 11.1. The van der Waals surface area contributed by atoms with Crippen molar-refractivity contribution >= 4 is 39.8 Å². The highest BCUT2D eigenvalue weighted by atomic mass is 79.9. The van der Waals surface area contributed by atoms with Gasteiger partial charge in [0.15, 0.2) is 0 Å². The molecule has 0 spiro atoms. The van der Waals surface area contributed by atoms with E-state index in [0.717, 1.165) is 10.0 Å². The van der Waals surface area contributed by atoms with Crippen molar-refractivity contribution in [2.75, 3.05) is 0 Å². The summed E-state index contributed by atoms with van der Waals surface area (Å²) >= 11 is 3.31. The smallest absolute Gasteiger partial charge is 0.326 e. The summed E-state index contributed by atoms with van der Waals surface area (Å²) in [6.07, 6.45) is 2.66. The van der Waals surface area contributed by atoms with E-state index in [-0.39, 0.29) is 12.8 Å². The zero-order valence-corrected chi connectivity index (χ0v) is 12.7. The lowest BCUT2D eigenvalue weighted by Crippen LogP contribution is -2.40. The summed E-state index contributed by atoms with van der Waals surface area (Å²) in [4.78, 5) is 33.3. The van der Waals surface area contributed by atoms with Gasteiger partial charge < -0.3 is 16.2 Å². The van der Waals surface area contributed by atoms with Crippen LogP contribution in [0.4, 0.5) is 0 Å². The highest BCUT2D eigenvalue weighted by Crippen LogP contribution is 2.12. The molecule has 6 nitrogen and oxygen atoms in total. The minimum Gasteiger partial charge on any atom is -0.480 e. The SMILES string of the molecule is NC(=O)CC[C@H](NC(=O)/C=C/c1cccc(Br)c1)C(=O)O. The zero-order chi connectivity index (χ0) is 15.8. The van der Waals surface area contributed by atoms with Gasteiger partial charge in [-0.25, -0.2) is 4.79 Å². The Hall–Kier alpha value is -2.15. The van der Waals surface area contributed by atoms with Crippen LogP contribution in [0.5, 0.6) is 0 Å². The van der Waals surface area contributed by atoms with Gasteiger partial charge in [0.1, 0.15) is 6.04 Å². The number of carbonyl (C=O) groups is 3. The van der Waals surface area contributed by atoms with Gasteiger partial charge in [-0.05, 0) is 30.2 Å². The second kappa shape index (κ2) is 8.21. The molecule has 0 saturated heterocycles. The first-order valence-electron chi connectivity index (χ1n) is 6.13. The van der Waals surface area contributed by atoms with Crippen molar-refractivity contribution in [3.63, 3.8) is 0 Å². The topological polar surface area (TPSA) is 109 Å². The first kappa shape index (κ1) is 16.9. The molecule has 0 heterocycles. The lowest BCUT2D eigenvalue weighted by Gasteiger charge is -2.11. The van der Waals surface area contributed by atoms with E-state index < -0.39 is 23.8 Å². The Morgan fingerprint density at radius 2 is 2.10 bits per heavy atom. The van der Waals surface area contributed by atoms with Crippen molar-refractivity contribution in [3.05, 3.63) is 40.4 Å². The Balaban J connectivity index is 2.61. The van der Waals surface area contributed by atoms with Gasteiger partial charge in [0.05, 0.1) is 0 Å². The molecule has 0 aliphatic heterocycles. The summed E-state index contributed by atoms with van der Waals surface area (Å²) in [5, 5.41) is 11.3. The lowest BCUT2D eigenvalue weighted by molar-refractivity contribution is -0.141. The average molecular weight is 355 g/mol. The molecule has 0 aliphatic carbocycles. The minimum atomic E-state index is -1.21. The number of primary amides is 1. The van der Waals surface area contributed by atoms with E-state index in [1.165, 1.54) is 6.08 Å². The van der Waals surface area contributed by atoms with Gasteiger partial charge in [-0.15, -0.1) is 0 Å². The molecule has 0 saturated carbocycles. The molecule has 1 aromatic carbocycles. The van der Waals surface area contributed by atoms with E-state index in [0.29, 0.717) is 0 Å². The average Bonchev–Trinajstić information content (AvgIpc) is 2.40. The van der Waals surface area contributed by atoms with Gasteiger partial charge in [-0.3, -0.25) is 9.59 Å². The minimum absolute atomic E-state index is 0.0405. The number of hydrogen-bond acceptors (Lipinski definition) is 3. The fraction of sp³-hybridized carbons (Fsp3) is 0.214. The molecule has 0 aliphatic rings. The molecule has 0 radical (unpaired) electrons. The quantitative estimate of drug-likeness (QED) is 0.641. The second-order valence-corrected chi connectivity index (χ2v) is 5.21. The molecule has 21 heavy (non-hydrogen) atoms. The number of rotatable bonds is 7. The molecule has 0 aromatic heterocycles. The molecule has 0 fully saturated rings. The molecule has 7 heteroatoms. The molecule has 1 atom stereocenters. The summed E-state index contributed by atoms with van der Waals surface area (Å²) in [6.45, 7) is 0. The maximum absolute atomic E-state index is 11.7. The third-order valence-electron chi connectivity index (χ3n) is 2.57. The normalized spacial score (nSPS) is 12.0. The van der Waals surface area contributed by atoms with Gasteiger partial charge in [-0.2, -0.15) is 0 Å². The Kier molecular flexibility index (Phi) is 6.61. The van der Waals surface area contributed by atoms with Crippen molar-refractivity contribution in [2.45, 2.75) is 18.9 Å². The van der Waals surface area contributed by atoms with Crippen LogP contribution in [0.2, 0.25) is 0 Å². The Morgan fingerprint density at radius 3 is 2.67 bits per heavy atom. The van der Waals surface area contributed by atoms with Crippen molar-refractivity contribution in [1.82, 2.24) is 5.32 Å². The molecule has 2 amide bonds. The molecule has 0 unspecified atom stereocenters. The summed E-state index contributed by atoms with van der Waals surface area (Å²) in [6, 6.07) is 6.13. The first-order chi connectivity index (χ1) is 9.88. The van der Waals surface area contributed by atoms with E-state index in [4.69, 9.17) is 10.8 Å². The molecule has 1 rings (SSSR count). The van der Waals surface area contributed by atoms with Gasteiger partial charge in [-0.1, -0.05) is 28.1 Å². The number of carboxylic acid groups (broad SMARTS) is 1.